The van der Waals surface area contributed by atoms with Gasteiger partial charge in [-0.15, -0.1) is 6.58 Å². The number of hydrogen-bond donors (Lipinski definition) is 2. The molecule has 2 N–H and O–H groups in total. The normalized spacial score (nSPS) is 26.4. The summed E-state index contributed by atoms with van der Waals surface area (Å²) in [7, 11) is 3.39. The van der Waals surface area contributed by atoms with Crippen molar-refractivity contribution in [2.24, 2.45) is 28.8 Å². The van der Waals surface area contributed by atoms with Crippen LogP contribution in [0.25, 0.3) is 0 Å². The topological polar surface area (TPSA) is 153 Å². The van der Waals surface area contributed by atoms with E-state index in [0.717, 1.165) is 49.0 Å². The number of nitrogens with zero attached hydrogens (tertiary/aromatic N) is 3. The Kier molecular flexibility index (Phi) is 13.7. The van der Waals surface area contributed by atoms with Gasteiger partial charge in [0.05, 0.1) is 29.2 Å². The molecular weight excluding hydrogens is 702 g/mol. The Balaban J connectivity index is 1.50. The van der Waals surface area contributed by atoms with Gasteiger partial charge in [-0.1, -0.05) is 61.9 Å². The van der Waals surface area contributed by atoms with E-state index in [9.17, 15) is 25.1 Å². The number of rotatable bonds is 19. The lowest BCUT2D eigenvalue weighted by Crippen LogP contribution is -2.69. The Labute approximate surface area is 324 Å². The van der Waals surface area contributed by atoms with Gasteiger partial charge in [0, 0.05) is 50.7 Å². The standard InChI is InChI=1S/C43H57N3O9/c1-4-24-53-43-39(45(2)40(49)21-18-29-12-5-6-13-29)28-37(44-52-3)35-25-30(14-7-9-22-47)34(17-8-10-23-48)41(42(35)43)36-27-33(19-20-38(36)55-43)54-32-16-11-15-31(26-32)46(50)51/h4,11,15-16,19-20,25-27,29-30,34,39,41-42,47-48H,1,5-10,12-14,17-18,21-24,28H2,2-3H3. The summed E-state index contributed by atoms with van der Waals surface area (Å²) in [6.07, 6.45) is 15.0. The molecule has 2 aromatic rings. The first-order valence-corrected chi connectivity index (χ1v) is 20.0. The maximum absolute atomic E-state index is 14.2. The Morgan fingerprint density at radius 3 is 2.53 bits per heavy atom. The zero-order valence-electron chi connectivity index (χ0n) is 32.3. The van der Waals surface area contributed by atoms with Gasteiger partial charge >= 0.3 is 0 Å². The molecule has 0 bridgehead atoms. The molecular formula is C43H57N3O9. The van der Waals surface area contributed by atoms with E-state index in [1.54, 1.807) is 24.3 Å². The molecule has 3 aliphatic carbocycles. The predicted octanol–water partition coefficient (Wildman–Crippen LogP) is 8.08. The third kappa shape index (κ3) is 8.76. The summed E-state index contributed by atoms with van der Waals surface area (Å²) in [5.41, 5.74) is 2.54. The first kappa shape index (κ1) is 40.4. The van der Waals surface area contributed by atoms with E-state index < -0.39 is 22.7 Å². The number of aliphatic hydroxyl groups excluding tert-OH is 2. The molecule has 0 saturated heterocycles. The van der Waals surface area contributed by atoms with Crippen LogP contribution < -0.4 is 9.47 Å². The van der Waals surface area contributed by atoms with Crippen LogP contribution in [0.2, 0.25) is 0 Å². The largest absolute Gasteiger partial charge is 0.459 e. The summed E-state index contributed by atoms with van der Waals surface area (Å²) in [5.74, 6) is 0.280. The lowest BCUT2D eigenvalue weighted by molar-refractivity contribution is -0.384. The number of non-ortho nitro benzene ring substituents is 1. The van der Waals surface area contributed by atoms with Crippen LogP contribution in [0.5, 0.6) is 17.2 Å². The molecule has 298 valence electrons. The van der Waals surface area contributed by atoms with Crippen LogP contribution in [0.1, 0.15) is 95.0 Å². The molecule has 2 fully saturated rings. The number of fused-ring (bicyclic) bond motifs is 2. The molecule has 6 atom stereocenters. The Hall–Kier alpha value is -4.26. The summed E-state index contributed by atoms with van der Waals surface area (Å²) < 4.78 is 20.4. The number of unbranched alkanes of at least 4 members (excludes halogenated alkanes) is 2. The van der Waals surface area contributed by atoms with Crippen molar-refractivity contribution in [2.75, 3.05) is 34.0 Å². The maximum Gasteiger partial charge on any atom is 0.273 e. The molecule has 0 radical (unpaired) electrons. The minimum atomic E-state index is -1.31. The van der Waals surface area contributed by atoms with E-state index in [0.29, 0.717) is 48.8 Å². The molecule has 12 heteroatoms. The maximum atomic E-state index is 14.2. The lowest BCUT2D eigenvalue weighted by atomic mass is 9.55. The fraction of sp³-hybridized carbons (Fsp3) is 0.581. The average molecular weight is 760 g/mol. The van der Waals surface area contributed by atoms with Crippen molar-refractivity contribution < 1.29 is 39.0 Å². The molecule has 1 aliphatic heterocycles. The average Bonchev–Trinajstić information content (AvgIpc) is 3.72. The second kappa shape index (κ2) is 18.6. The zero-order chi connectivity index (χ0) is 39.0. The second-order valence-corrected chi connectivity index (χ2v) is 15.5. The number of benzene rings is 2. The van der Waals surface area contributed by atoms with Crippen molar-refractivity contribution in [3.05, 3.63) is 82.4 Å². The number of hydrogen-bond acceptors (Lipinski definition) is 10. The predicted molar refractivity (Wildman–Crippen MR) is 209 cm³/mol. The number of nitro groups is 1. The highest BCUT2D eigenvalue weighted by atomic mass is 16.7. The van der Waals surface area contributed by atoms with Crippen LogP contribution in [-0.4, -0.2) is 77.5 Å². The van der Waals surface area contributed by atoms with Crippen molar-refractivity contribution in [3.8, 4) is 17.2 Å². The van der Waals surface area contributed by atoms with Gasteiger partial charge in [0.15, 0.2) is 0 Å². The van der Waals surface area contributed by atoms with Crippen molar-refractivity contribution in [2.45, 2.75) is 101 Å². The van der Waals surface area contributed by atoms with Gasteiger partial charge in [0.1, 0.15) is 30.4 Å². The molecule has 6 rings (SSSR count). The van der Waals surface area contributed by atoms with Crippen molar-refractivity contribution >= 4 is 17.3 Å². The molecule has 55 heavy (non-hydrogen) atoms. The number of aliphatic hydroxyl groups is 2. The van der Waals surface area contributed by atoms with Crippen LogP contribution in [-0.2, 0) is 14.4 Å². The summed E-state index contributed by atoms with van der Waals surface area (Å²) in [5, 5.41) is 35.8. The van der Waals surface area contributed by atoms with Gasteiger partial charge in [-0.05, 0) is 79.7 Å². The zero-order valence-corrected chi connectivity index (χ0v) is 32.3. The summed E-state index contributed by atoms with van der Waals surface area (Å²) in [4.78, 5) is 32.6. The quantitative estimate of drug-likeness (QED) is 0.0627. The number of allylic oxidation sites excluding steroid dienone is 1. The minimum Gasteiger partial charge on any atom is -0.459 e. The molecule has 2 aromatic carbocycles. The molecule has 0 spiro atoms. The number of nitro benzene ring substituents is 1. The van der Waals surface area contributed by atoms with Crippen molar-refractivity contribution in [1.29, 1.82) is 0 Å². The van der Waals surface area contributed by atoms with E-state index in [-0.39, 0.29) is 49.2 Å². The Morgan fingerprint density at radius 1 is 1.07 bits per heavy atom. The number of carbonyl (C=O) groups excluding carboxylic acids is 1. The number of ether oxygens (including phenoxy) is 3. The molecule has 0 aromatic heterocycles. The fourth-order valence-electron chi connectivity index (χ4n) is 9.67. The van der Waals surface area contributed by atoms with E-state index in [1.807, 2.05) is 24.1 Å². The SMILES string of the molecule is C=CCOC12Oc3ccc(Oc4cccc([N+](=O)[O-])c4)cc3C3C(CCCCO)C(CCCCO)C=C(C(=NOC)CC1N(C)C(=O)CCC1CCCC1)C32. The van der Waals surface area contributed by atoms with Gasteiger partial charge in [0.2, 0.25) is 11.7 Å². The number of likely N-dealkylation sites (N-methyl/N-ethyl adjacent to an activating group) is 1. The molecule has 12 nitrogen and oxygen atoms in total. The monoisotopic (exact) mass is 759 g/mol. The number of amides is 1. The van der Waals surface area contributed by atoms with Gasteiger partial charge in [0.25, 0.3) is 5.69 Å². The molecule has 2 saturated carbocycles. The van der Waals surface area contributed by atoms with Crippen LogP contribution in [0, 0.1) is 33.8 Å². The fourth-order valence-corrected chi connectivity index (χ4v) is 9.67. The molecule has 6 unspecified atom stereocenters. The highest BCUT2D eigenvalue weighted by Gasteiger charge is 2.65. The van der Waals surface area contributed by atoms with Crippen molar-refractivity contribution in [3.63, 3.8) is 0 Å². The Bertz CT molecular complexity index is 1720. The van der Waals surface area contributed by atoms with Crippen molar-refractivity contribution in [1.82, 2.24) is 4.90 Å². The van der Waals surface area contributed by atoms with E-state index >= 15 is 0 Å². The highest BCUT2D eigenvalue weighted by Crippen LogP contribution is 2.62. The summed E-state index contributed by atoms with van der Waals surface area (Å²) in [6.45, 7) is 4.37. The summed E-state index contributed by atoms with van der Waals surface area (Å²) in [6, 6.07) is 11.2. The van der Waals surface area contributed by atoms with Gasteiger partial charge in [-0.2, -0.15) is 0 Å². The minimum absolute atomic E-state index is 0.0338. The van der Waals surface area contributed by atoms with Gasteiger partial charge < -0.3 is 34.2 Å². The number of oxime groups is 1. The summed E-state index contributed by atoms with van der Waals surface area (Å²) >= 11 is 0. The highest BCUT2D eigenvalue weighted by molar-refractivity contribution is 6.03. The molecule has 1 amide bonds. The van der Waals surface area contributed by atoms with Gasteiger partial charge in [-0.3, -0.25) is 14.9 Å². The third-order valence-electron chi connectivity index (χ3n) is 12.2. The second-order valence-electron chi connectivity index (χ2n) is 15.5. The van der Waals surface area contributed by atoms with Crippen LogP contribution in [0.3, 0.4) is 0 Å². The van der Waals surface area contributed by atoms with E-state index in [4.69, 9.17) is 19.0 Å². The van der Waals surface area contributed by atoms with E-state index in [1.165, 1.54) is 44.9 Å². The van der Waals surface area contributed by atoms with Gasteiger partial charge in [-0.25, -0.2) is 0 Å². The van der Waals surface area contributed by atoms with Crippen LogP contribution in [0.4, 0.5) is 5.69 Å². The first-order valence-electron chi connectivity index (χ1n) is 20.0. The molecule has 1 heterocycles. The molecule has 4 aliphatic rings. The van der Waals surface area contributed by atoms with Crippen LogP contribution >= 0.6 is 0 Å². The van der Waals surface area contributed by atoms with Crippen LogP contribution in [0.15, 0.2) is 71.9 Å². The third-order valence-corrected chi connectivity index (χ3v) is 12.2. The Morgan fingerprint density at radius 2 is 1.82 bits per heavy atom. The number of carbonyl (C=O) groups is 1. The smallest absolute Gasteiger partial charge is 0.273 e. The first-order chi connectivity index (χ1) is 26.7. The van der Waals surface area contributed by atoms with E-state index in [2.05, 4.69) is 17.8 Å². The lowest BCUT2D eigenvalue weighted by Gasteiger charge is -2.59.